The summed E-state index contributed by atoms with van der Waals surface area (Å²) in [5, 5.41) is 9.23. The lowest BCUT2D eigenvalue weighted by Crippen LogP contribution is -2.24. The number of aliphatic hydroxyl groups is 1. The number of aliphatic hydroxyl groups excluding tert-OH is 1. The van der Waals surface area contributed by atoms with Gasteiger partial charge in [-0.25, -0.2) is 0 Å². The molecule has 0 bridgehead atoms. The number of ether oxygens (including phenoxy) is 2. The minimum atomic E-state index is -0.343. The van der Waals surface area contributed by atoms with Gasteiger partial charge in [0.25, 0.3) is 0 Å². The van der Waals surface area contributed by atoms with Gasteiger partial charge < -0.3 is 19.5 Å². The summed E-state index contributed by atoms with van der Waals surface area (Å²) >= 11 is 0. The summed E-state index contributed by atoms with van der Waals surface area (Å²) in [5.41, 5.74) is 0. The van der Waals surface area contributed by atoms with Crippen molar-refractivity contribution in [2.45, 2.75) is 19.4 Å². The van der Waals surface area contributed by atoms with Crippen LogP contribution in [0.15, 0.2) is 6.07 Å². The largest absolute Gasteiger partial charge is 0.481 e. The molecule has 0 saturated carbocycles. The molecule has 1 N–H and O–H groups in total. The smallest absolute Gasteiger partial charge is 0.231 e. The van der Waals surface area contributed by atoms with Crippen molar-refractivity contribution in [1.82, 2.24) is 9.97 Å². The van der Waals surface area contributed by atoms with Crippen molar-refractivity contribution in [3.05, 3.63) is 6.07 Å². The average molecular weight is 241 g/mol. The van der Waals surface area contributed by atoms with Gasteiger partial charge in [0.15, 0.2) is 0 Å². The van der Waals surface area contributed by atoms with Crippen LogP contribution in [-0.4, -0.2) is 49.0 Å². The lowest BCUT2D eigenvalue weighted by molar-refractivity contribution is 0.186. The zero-order chi connectivity index (χ0) is 12.8. The Morgan fingerprint density at radius 1 is 1.29 bits per heavy atom. The van der Waals surface area contributed by atoms with Gasteiger partial charge in [0.05, 0.1) is 26.4 Å². The first-order valence-electron chi connectivity index (χ1n) is 5.43. The Bertz CT molecular complexity index is 336. The molecule has 0 saturated heterocycles. The Morgan fingerprint density at radius 3 is 2.24 bits per heavy atom. The van der Waals surface area contributed by atoms with Gasteiger partial charge in [0.2, 0.25) is 17.7 Å². The maximum Gasteiger partial charge on any atom is 0.231 e. The molecule has 96 valence electrons. The molecule has 0 aliphatic heterocycles. The molecule has 0 aliphatic carbocycles. The van der Waals surface area contributed by atoms with Gasteiger partial charge in [0.1, 0.15) is 0 Å². The van der Waals surface area contributed by atoms with Gasteiger partial charge >= 0.3 is 0 Å². The molecule has 1 unspecified atom stereocenters. The van der Waals surface area contributed by atoms with Crippen molar-refractivity contribution in [2.24, 2.45) is 0 Å². The molecular weight excluding hydrogens is 222 g/mol. The molecule has 0 aromatic carbocycles. The van der Waals surface area contributed by atoms with Crippen molar-refractivity contribution in [1.29, 1.82) is 0 Å². The van der Waals surface area contributed by atoms with E-state index in [2.05, 4.69) is 9.97 Å². The summed E-state index contributed by atoms with van der Waals surface area (Å²) < 4.78 is 10.1. The van der Waals surface area contributed by atoms with E-state index < -0.39 is 0 Å². The first kappa shape index (κ1) is 13.5. The van der Waals surface area contributed by atoms with E-state index in [1.165, 1.54) is 0 Å². The van der Waals surface area contributed by atoms with Crippen LogP contribution in [0, 0.1) is 0 Å². The number of aromatic nitrogens is 2. The molecule has 0 aliphatic rings. The Labute approximate surface area is 101 Å². The van der Waals surface area contributed by atoms with E-state index >= 15 is 0 Å². The molecule has 6 heteroatoms. The summed E-state index contributed by atoms with van der Waals surface area (Å²) in [4.78, 5) is 10.3. The van der Waals surface area contributed by atoms with Gasteiger partial charge in [-0.1, -0.05) is 0 Å². The lowest BCUT2D eigenvalue weighted by atomic mass is 10.3. The molecule has 1 heterocycles. The number of hydrogen-bond acceptors (Lipinski definition) is 6. The van der Waals surface area contributed by atoms with E-state index in [0.717, 1.165) is 0 Å². The summed E-state index contributed by atoms with van der Waals surface area (Å²) in [7, 11) is 4.94. The number of methoxy groups -OCH3 is 2. The zero-order valence-corrected chi connectivity index (χ0v) is 10.7. The minimum absolute atomic E-state index is 0.343. The molecule has 17 heavy (non-hydrogen) atoms. The van der Waals surface area contributed by atoms with Crippen molar-refractivity contribution < 1.29 is 14.6 Å². The first-order valence-corrected chi connectivity index (χ1v) is 5.43. The fourth-order valence-electron chi connectivity index (χ4n) is 1.25. The van der Waals surface area contributed by atoms with Crippen LogP contribution in [0.25, 0.3) is 0 Å². The van der Waals surface area contributed by atoms with E-state index in [1.54, 1.807) is 27.2 Å². The number of rotatable bonds is 6. The first-order chi connectivity index (χ1) is 8.06. The molecule has 1 atom stereocenters. The molecule has 1 aromatic heterocycles. The highest BCUT2D eigenvalue weighted by Gasteiger charge is 2.10. The van der Waals surface area contributed by atoms with Gasteiger partial charge in [0, 0.05) is 13.6 Å². The SMILES string of the molecule is COc1cc(OC)nc(N(C)CCC(C)O)n1. The summed E-state index contributed by atoms with van der Waals surface area (Å²) in [6, 6.07) is 1.62. The normalized spacial score (nSPS) is 12.1. The van der Waals surface area contributed by atoms with Gasteiger partial charge in [-0.3, -0.25) is 0 Å². The predicted molar refractivity (Wildman–Crippen MR) is 64.7 cm³/mol. The van der Waals surface area contributed by atoms with Gasteiger partial charge in [-0.15, -0.1) is 0 Å². The highest BCUT2D eigenvalue weighted by Crippen LogP contribution is 2.19. The van der Waals surface area contributed by atoms with E-state index in [9.17, 15) is 5.11 Å². The van der Waals surface area contributed by atoms with Crippen LogP contribution < -0.4 is 14.4 Å². The third-order valence-corrected chi connectivity index (χ3v) is 2.31. The lowest BCUT2D eigenvalue weighted by Gasteiger charge is -2.18. The Balaban J connectivity index is 2.80. The van der Waals surface area contributed by atoms with E-state index in [-0.39, 0.29) is 6.10 Å². The number of nitrogens with zero attached hydrogens (tertiary/aromatic N) is 3. The molecule has 0 radical (unpaired) electrons. The molecule has 0 spiro atoms. The highest BCUT2D eigenvalue weighted by atomic mass is 16.5. The van der Waals surface area contributed by atoms with Crippen LogP contribution in [0.1, 0.15) is 13.3 Å². The van der Waals surface area contributed by atoms with Crippen LogP contribution in [-0.2, 0) is 0 Å². The summed E-state index contributed by atoms with van der Waals surface area (Å²) in [6.45, 7) is 2.41. The molecule has 1 rings (SSSR count). The van der Waals surface area contributed by atoms with Crippen molar-refractivity contribution >= 4 is 5.95 Å². The van der Waals surface area contributed by atoms with Crippen LogP contribution in [0.3, 0.4) is 0 Å². The van der Waals surface area contributed by atoms with Crippen molar-refractivity contribution in [2.75, 3.05) is 32.7 Å². The highest BCUT2D eigenvalue weighted by molar-refractivity contribution is 5.35. The second kappa shape index (κ2) is 6.24. The van der Waals surface area contributed by atoms with Crippen LogP contribution in [0.4, 0.5) is 5.95 Å². The molecular formula is C11H19N3O3. The van der Waals surface area contributed by atoms with Gasteiger partial charge in [-0.2, -0.15) is 9.97 Å². The topological polar surface area (TPSA) is 67.7 Å². The third kappa shape index (κ3) is 4.07. The fourth-order valence-corrected chi connectivity index (χ4v) is 1.25. The summed E-state index contributed by atoms with van der Waals surface area (Å²) in [6.07, 6.45) is 0.310. The van der Waals surface area contributed by atoms with Crippen LogP contribution in [0.5, 0.6) is 11.8 Å². The Kier molecular flexibility index (Phi) is 4.96. The molecule has 6 nitrogen and oxygen atoms in total. The van der Waals surface area contributed by atoms with Crippen molar-refractivity contribution in [3.8, 4) is 11.8 Å². The molecule has 1 aromatic rings. The monoisotopic (exact) mass is 241 g/mol. The zero-order valence-electron chi connectivity index (χ0n) is 10.7. The van der Waals surface area contributed by atoms with E-state index in [0.29, 0.717) is 30.7 Å². The average Bonchev–Trinajstić information content (AvgIpc) is 2.34. The van der Waals surface area contributed by atoms with Crippen LogP contribution >= 0.6 is 0 Å². The third-order valence-electron chi connectivity index (χ3n) is 2.31. The quantitative estimate of drug-likeness (QED) is 0.790. The van der Waals surface area contributed by atoms with E-state index in [1.807, 2.05) is 11.9 Å². The maximum atomic E-state index is 9.23. The Morgan fingerprint density at radius 2 is 1.82 bits per heavy atom. The standard InChI is InChI=1S/C11H19N3O3/c1-8(15)5-6-14(2)11-12-9(16-3)7-10(13-11)17-4/h7-8,15H,5-6H2,1-4H3. The maximum absolute atomic E-state index is 9.23. The predicted octanol–water partition coefficient (Wildman–Crippen LogP) is 0.701. The van der Waals surface area contributed by atoms with Crippen LogP contribution in [0.2, 0.25) is 0 Å². The second-order valence-corrected chi connectivity index (χ2v) is 3.81. The minimum Gasteiger partial charge on any atom is -0.481 e. The fraction of sp³-hybridized carbons (Fsp3) is 0.636. The number of hydrogen-bond donors (Lipinski definition) is 1. The summed E-state index contributed by atoms with van der Waals surface area (Å²) in [5.74, 6) is 1.42. The molecule has 0 amide bonds. The number of anilines is 1. The second-order valence-electron chi connectivity index (χ2n) is 3.81. The molecule has 0 fully saturated rings. The Hall–Kier alpha value is -1.56. The van der Waals surface area contributed by atoms with Gasteiger partial charge in [-0.05, 0) is 13.3 Å². The van der Waals surface area contributed by atoms with Crippen molar-refractivity contribution in [3.63, 3.8) is 0 Å². The van der Waals surface area contributed by atoms with E-state index in [4.69, 9.17) is 9.47 Å².